The molecule has 0 unspecified atom stereocenters. The van der Waals surface area contributed by atoms with Crippen molar-refractivity contribution in [1.29, 1.82) is 0 Å². The Labute approximate surface area is 88.9 Å². The van der Waals surface area contributed by atoms with E-state index in [0.29, 0.717) is 5.75 Å². The van der Waals surface area contributed by atoms with Crippen molar-refractivity contribution in [3.05, 3.63) is 54.6 Å². The van der Waals surface area contributed by atoms with Crippen LogP contribution in [-0.4, -0.2) is 5.97 Å². The maximum atomic E-state index is 11.6. The van der Waals surface area contributed by atoms with Gasteiger partial charge in [-0.1, -0.05) is 42.5 Å². The molecule has 0 saturated carbocycles. The smallest absolute Gasteiger partial charge is 0.322 e. The number of carbonyl (C=O) groups is 1. The molecule has 2 rings (SSSR count). The van der Waals surface area contributed by atoms with Crippen LogP contribution in [0.25, 0.3) is 0 Å². The van der Waals surface area contributed by atoms with E-state index in [2.05, 4.69) is 0 Å². The van der Waals surface area contributed by atoms with Crippen molar-refractivity contribution in [3.63, 3.8) is 0 Å². The number of allylic oxidation sites excluding steroid dienone is 2. The second kappa shape index (κ2) is 4.60. The van der Waals surface area contributed by atoms with Crippen molar-refractivity contribution in [3.8, 4) is 5.75 Å². The molecule has 1 aromatic carbocycles. The molecule has 2 heteroatoms. The fraction of sp³-hybridized carbons (Fsp3) is 0.154. The molecule has 0 heterocycles. The van der Waals surface area contributed by atoms with Crippen molar-refractivity contribution in [2.45, 2.75) is 6.42 Å². The Balaban J connectivity index is 2.01. The summed E-state index contributed by atoms with van der Waals surface area (Å²) in [6, 6.07) is 9.12. The molecule has 1 aliphatic carbocycles. The van der Waals surface area contributed by atoms with Gasteiger partial charge in [-0.05, 0) is 18.6 Å². The van der Waals surface area contributed by atoms with Gasteiger partial charge in [-0.2, -0.15) is 0 Å². The first kappa shape index (κ1) is 9.71. The van der Waals surface area contributed by atoms with Crippen LogP contribution < -0.4 is 4.74 Å². The zero-order valence-corrected chi connectivity index (χ0v) is 8.30. The molecule has 0 saturated heterocycles. The molecule has 2 nitrogen and oxygen atoms in total. The topological polar surface area (TPSA) is 26.3 Å². The lowest BCUT2D eigenvalue weighted by Crippen LogP contribution is -2.17. The van der Waals surface area contributed by atoms with Crippen molar-refractivity contribution in [2.24, 2.45) is 5.92 Å². The lowest BCUT2D eigenvalue weighted by atomic mass is 10.0. The van der Waals surface area contributed by atoms with Crippen LogP contribution in [0.4, 0.5) is 0 Å². The van der Waals surface area contributed by atoms with Crippen LogP contribution in [0.15, 0.2) is 54.6 Å². The largest absolute Gasteiger partial charge is 0.426 e. The molecule has 0 spiro atoms. The third-order valence-electron chi connectivity index (χ3n) is 2.19. The summed E-state index contributed by atoms with van der Waals surface area (Å²) >= 11 is 0. The monoisotopic (exact) mass is 200 g/mol. The lowest BCUT2D eigenvalue weighted by Gasteiger charge is -2.10. The van der Waals surface area contributed by atoms with Gasteiger partial charge in [0.15, 0.2) is 0 Å². The number of hydrogen-bond acceptors (Lipinski definition) is 2. The van der Waals surface area contributed by atoms with E-state index in [1.807, 2.05) is 42.5 Å². The average molecular weight is 200 g/mol. The Bertz CT molecular complexity index is 378. The number of esters is 1. The van der Waals surface area contributed by atoms with Gasteiger partial charge in [0, 0.05) is 0 Å². The molecule has 76 valence electrons. The zero-order valence-electron chi connectivity index (χ0n) is 8.30. The molecule has 0 amide bonds. The normalized spacial score (nSPS) is 15.2. The summed E-state index contributed by atoms with van der Waals surface area (Å²) in [5.41, 5.74) is 0. The minimum absolute atomic E-state index is 0.228. The van der Waals surface area contributed by atoms with Crippen molar-refractivity contribution >= 4 is 5.97 Å². The van der Waals surface area contributed by atoms with Gasteiger partial charge < -0.3 is 4.74 Å². The van der Waals surface area contributed by atoms with E-state index in [1.165, 1.54) is 0 Å². The van der Waals surface area contributed by atoms with E-state index >= 15 is 0 Å². The minimum atomic E-state index is -0.237. The molecule has 0 atom stereocenters. The van der Waals surface area contributed by atoms with Crippen LogP contribution in [-0.2, 0) is 4.79 Å². The number of ether oxygens (including phenoxy) is 1. The van der Waals surface area contributed by atoms with Crippen LogP contribution in [0.2, 0.25) is 0 Å². The van der Waals surface area contributed by atoms with Gasteiger partial charge >= 0.3 is 5.97 Å². The fourth-order valence-electron chi connectivity index (χ4n) is 1.42. The van der Waals surface area contributed by atoms with Crippen LogP contribution in [0.1, 0.15) is 6.42 Å². The van der Waals surface area contributed by atoms with E-state index in [0.717, 1.165) is 6.42 Å². The predicted molar refractivity (Wildman–Crippen MR) is 58.5 cm³/mol. The van der Waals surface area contributed by atoms with E-state index in [-0.39, 0.29) is 11.9 Å². The standard InChI is InChI=1S/C13H12O2/c14-13(11-7-3-1-4-8-11)15-12-9-5-2-6-10-12/h2-11H,1H2. The summed E-state index contributed by atoms with van der Waals surface area (Å²) in [6.07, 6.45) is 8.57. The summed E-state index contributed by atoms with van der Waals surface area (Å²) in [6.45, 7) is 0. The van der Waals surface area contributed by atoms with Gasteiger partial charge in [-0.15, -0.1) is 0 Å². The molecule has 1 aromatic rings. The summed E-state index contributed by atoms with van der Waals surface area (Å²) < 4.78 is 5.21. The fourth-order valence-corrected chi connectivity index (χ4v) is 1.42. The van der Waals surface area contributed by atoms with E-state index < -0.39 is 0 Å². The van der Waals surface area contributed by atoms with Crippen molar-refractivity contribution in [1.82, 2.24) is 0 Å². The summed E-state index contributed by atoms with van der Waals surface area (Å²) in [5.74, 6) is 0.127. The highest BCUT2D eigenvalue weighted by Gasteiger charge is 2.15. The molecule has 0 aromatic heterocycles. The quantitative estimate of drug-likeness (QED) is 0.417. The number of hydrogen-bond donors (Lipinski definition) is 0. The predicted octanol–water partition coefficient (Wildman–Crippen LogP) is 2.72. The van der Waals surface area contributed by atoms with Gasteiger partial charge in [0.1, 0.15) is 5.75 Å². The first-order valence-electron chi connectivity index (χ1n) is 4.96. The molecule has 0 radical (unpaired) electrons. The minimum Gasteiger partial charge on any atom is -0.426 e. The molecule has 0 fully saturated rings. The lowest BCUT2D eigenvalue weighted by molar-refractivity contribution is -0.135. The summed E-state index contributed by atoms with van der Waals surface area (Å²) in [5, 5.41) is 0. The summed E-state index contributed by atoms with van der Waals surface area (Å²) in [4.78, 5) is 11.6. The van der Waals surface area contributed by atoms with Gasteiger partial charge in [0.2, 0.25) is 0 Å². The SMILES string of the molecule is O=C(Oc1ccccc1)C1C=CCC=C1. The molecular formula is C13H12O2. The molecule has 15 heavy (non-hydrogen) atoms. The van der Waals surface area contributed by atoms with E-state index in [9.17, 15) is 4.79 Å². The maximum Gasteiger partial charge on any atom is 0.322 e. The Morgan fingerprint density at radius 3 is 2.47 bits per heavy atom. The van der Waals surface area contributed by atoms with Gasteiger partial charge in [0.25, 0.3) is 0 Å². The Kier molecular flexibility index (Phi) is 2.98. The van der Waals surface area contributed by atoms with Gasteiger partial charge in [-0.3, -0.25) is 4.79 Å². The van der Waals surface area contributed by atoms with Gasteiger partial charge in [-0.25, -0.2) is 0 Å². The molecule has 0 bridgehead atoms. The molecular weight excluding hydrogens is 188 g/mol. The van der Waals surface area contributed by atoms with Crippen LogP contribution in [0, 0.1) is 5.92 Å². The molecule has 1 aliphatic rings. The Morgan fingerprint density at radius 2 is 1.80 bits per heavy atom. The van der Waals surface area contributed by atoms with Crippen molar-refractivity contribution in [2.75, 3.05) is 0 Å². The maximum absolute atomic E-state index is 11.6. The summed E-state index contributed by atoms with van der Waals surface area (Å²) in [7, 11) is 0. The Morgan fingerprint density at radius 1 is 1.13 bits per heavy atom. The van der Waals surface area contributed by atoms with Crippen LogP contribution in [0.3, 0.4) is 0 Å². The number of para-hydroxylation sites is 1. The zero-order chi connectivity index (χ0) is 10.5. The second-order valence-corrected chi connectivity index (χ2v) is 3.35. The first-order chi connectivity index (χ1) is 7.36. The third-order valence-corrected chi connectivity index (χ3v) is 2.19. The second-order valence-electron chi connectivity index (χ2n) is 3.35. The van der Waals surface area contributed by atoms with Crippen LogP contribution in [0.5, 0.6) is 5.75 Å². The van der Waals surface area contributed by atoms with Gasteiger partial charge in [0.05, 0.1) is 5.92 Å². The third kappa shape index (κ3) is 2.56. The molecule has 0 N–H and O–H groups in total. The van der Waals surface area contributed by atoms with Crippen molar-refractivity contribution < 1.29 is 9.53 Å². The van der Waals surface area contributed by atoms with E-state index in [1.54, 1.807) is 12.1 Å². The number of carbonyl (C=O) groups excluding carboxylic acids is 1. The highest BCUT2D eigenvalue weighted by atomic mass is 16.5. The molecule has 0 aliphatic heterocycles. The first-order valence-corrected chi connectivity index (χ1v) is 4.96. The Hall–Kier alpha value is -1.83. The van der Waals surface area contributed by atoms with Crippen LogP contribution >= 0.6 is 0 Å². The number of benzene rings is 1. The number of rotatable bonds is 2. The average Bonchev–Trinajstić information content (AvgIpc) is 2.31. The highest BCUT2D eigenvalue weighted by Crippen LogP contribution is 2.15. The van der Waals surface area contributed by atoms with E-state index in [4.69, 9.17) is 4.74 Å². The highest BCUT2D eigenvalue weighted by molar-refractivity contribution is 5.79.